The first kappa shape index (κ1) is 20.7. The number of rotatable bonds is 6. The average Bonchev–Trinajstić information content (AvgIpc) is 2.88. The van der Waals surface area contributed by atoms with E-state index >= 15 is 0 Å². The van der Waals surface area contributed by atoms with Crippen molar-refractivity contribution < 1.29 is 4.79 Å². The van der Waals surface area contributed by atoms with Gasteiger partial charge >= 0.3 is 0 Å². The number of ketones is 1. The van der Waals surface area contributed by atoms with Gasteiger partial charge in [0.1, 0.15) is 0 Å². The van der Waals surface area contributed by atoms with Gasteiger partial charge in [0.2, 0.25) is 5.43 Å². The number of aromatic nitrogens is 1. The molecule has 0 saturated carbocycles. The SMILES string of the molecule is O=C(c1ccccc1)c1c(Cc2ccccc2)n(Cc2ccccc2)c2ccccc2c1=O. The maximum atomic E-state index is 13.7. The summed E-state index contributed by atoms with van der Waals surface area (Å²) in [5.74, 6) is -0.237. The van der Waals surface area contributed by atoms with Gasteiger partial charge in [-0.1, -0.05) is 103 Å². The number of fused-ring (bicyclic) bond motifs is 1. The molecule has 0 spiro atoms. The smallest absolute Gasteiger partial charge is 0.200 e. The molecule has 0 aliphatic heterocycles. The molecule has 3 nitrogen and oxygen atoms in total. The standard InChI is InChI=1S/C30H23NO2/c32-29(24-16-8-3-9-17-24)28-27(20-22-12-4-1-5-13-22)31(21-23-14-6-2-7-15-23)26-19-11-10-18-25(26)30(28)33/h1-19H,20-21H2. The third-order valence-electron chi connectivity index (χ3n) is 5.94. The van der Waals surface area contributed by atoms with E-state index in [0.29, 0.717) is 23.9 Å². The molecule has 1 aromatic heterocycles. The fourth-order valence-electron chi connectivity index (χ4n) is 4.33. The number of pyridine rings is 1. The quantitative estimate of drug-likeness (QED) is 0.317. The Morgan fingerprint density at radius 3 is 1.85 bits per heavy atom. The zero-order chi connectivity index (χ0) is 22.6. The Labute approximate surface area is 192 Å². The third-order valence-corrected chi connectivity index (χ3v) is 5.94. The lowest BCUT2D eigenvalue weighted by Crippen LogP contribution is -2.25. The second-order valence-electron chi connectivity index (χ2n) is 8.10. The highest BCUT2D eigenvalue weighted by molar-refractivity contribution is 6.11. The summed E-state index contributed by atoms with van der Waals surface area (Å²) in [6, 6.07) is 36.8. The van der Waals surface area contributed by atoms with Gasteiger partial charge in [0, 0.05) is 29.6 Å². The lowest BCUT2D eigenvalue weighted by Gasteiger charge is -2.21. The Hall–Kier alpha value is -4.24. The van der Waals surface area contributed by atoms with Crippen LogP contribution in [-0.4, -0.2) is 10.4 Å². The van der Waals surface area contributed by atoms with E-state index in [0.717, 1.165) is 22.3 Å². The predicted octanol–water partition coefficient (Wildman–Crippen LogP) is 5.87. The fraction of sp³-hybridized carbons (Fsp3) is 0.0667. The van der Waals surface area contributed by atoms with Crippen molar-refractivity contribution in [1.29, 1.82) is 0 Å². The van der Waals surface area contributed by atoms with Crippen LogP contribution >= 0.6 is 0 Å². The van der Waals surface area contributed by atoms with Crippen LogP contribution in [0.15, 0.2) is 120 Å². The Kier molecular flexibility index (Phi) is 5.69. The van der Waals surface area contributed by atoms with Crippen LogP contribution in [0.1, 0.15) is 32.7 Å². The predicted molar refractivity (Wildman–Crippen MR) is 133 cm³/mol. The maximum Gasteiger partial charge on any atom is 0.200 e. The summed E-state index contributed by atoms with van der Waals surface area (Å²) in [6.45, 7) is 0.568. The molecule has 1 heterocycles. The molecule has 0 aliphatic rings. The Balaban J connectivity index is 1.81. The van der Waals surface area contributed by atoms with Crippen LogP contribution in [0.5, 0.6) is 0 Å². The molecule has 0 radical (unpaired) electrons. The van der Waals surface area contributed by atoms with E-state index in [-0.39, 0.29) is 16.8 Å². The second-order valence-corrected chi connectivity index (χ2v) is 8.10. The number of nitrogens with zero attached hydrogens (tertiary/aromatic N) is 1. The highest BCUT2D eigenvalue weighted by Crippen LogP contribution is 2.23. The van der Waals surface area contributed by atoms with E-state index in [4.69, 9.17) is 0 Å². The summed E-state index contributed by atoms with van der Waals surface area (Å²) in [7, 11) is 0. The first-order chi connectivity index (χ1) is 16.2. The summed E-state index contributed by atoms with van der Waals surface area (Å²) < 4.78 is 2.13. The monoisotopic (exact) mass is 429 g/mol. The Morgan fingerprint density at radius 2 is 1.18 bits per heavy atom. The molecule has 0 bridgehead atoms. The summed E-state index contributed by atoms with van der Waals surface area (Å²) >= 11 is 0. The minimum Gasteiger partial charge on any atom is -0.339 e. The molecular weight excluding hydrogens is 406 g/mol. The first-order valence-electron chi connectivity index (χ1n) is 11.0. The first-order valence-corrected chi connectivity index (χ1v) is 11.0. The summed E-state index contributed by atoms with van der Waals surface area (Å²) in [5.41, 5.74) is 4.29. The third kappa shape index (κ3) is 4.13. The summed E-state index contributed by atoms with van der Waals surface area (Å²) in [4.78, 5) is 27.4. The number of hydrogen-bond acceptors (Lipinski definition) is 2. The van der Waals surface area contributed by atoms with Crippen molar-refractivity contribution in [3.63, 3.8) is 0 Å². The molecular formula is C30H23NO2. The zero-order valence-corrected chi connectivity index (χ0v) is 18.1. The van der Waals surface area contributed by atoms with E-state index in [1.807, 2.05) is 91.0 Å². The number of carbonyl (C=O) groups is 1. The molecule has 5 aromatic rings. The van der Waals surface area contributed by atoms with Crippen LogP contribution in [-0.2, 0) is 13.0 Å². The van der Waals surface area contributed by atoms with Gasteiger partial charge in [-0.3, -0.25) is 9.59 Å². The highest BCUT2D eigenvalue weighted by Gasteiger charge is 2.23. The van der Waals surface area contributed by atoms with Crippen LogP contribution in [0.25, 0.3) is 10.9 Å². The van der Waals surface area contributed by atoms with E-state index in [1.54, 1.807) is 12.1 Å². The lowest BCUT2D eigenvalue weighted by atomic mass is 9.95. The fourth-order valence-corrected chi connectivity index (χ4v) is 4.33. The molecule has 5 rings (SSSR count). The van der Waals surface area contributed by atoms with Gasteiger partial charge in [-0.05, 0) is 23.3 Å². The molecule has 0 saturated heterocycles. The van der Waals surface area contributed by atoms with Crippen LogP contribution in [0, 0.1) is 0 Å². The molecule has 0 atom stereocenters. The molecule has 0 amide bonds. The van der Waals surface area contributed by atoms with Crippen molar-refractivity contribution in [3.05, 3.63) is 153 Å². The van der Waals surface area contributed by atoms with E-state index in [2.05, 4.69) is 16.7 Å². The number of para-hydroxylation sites is 1. The van der Waals surface area contributed by atoms with Crippen LogP contribution in [0.2, 0.25) is 0 Å². The molecule has 33 heavy (non-hydrogen) atoms. The van der Waals surface area contributed by atoms with E-state index in [9.17, 15) is 9.59 Å². The minimum absolute atomic E-state index is 0.213. The van der Waals surface area contributed by atoms with Crippen molar-refractivity contribution in [2.75, 3.05) is 0 Å². The Bertz CT molecular complexity index is 1470. The normalized spacial score (nSPS) is 10.9. The van der Waals surface area contributed by atoms with Crippen LogP contribution in [0.4, 0.5) is 0 Å². The molecule has 0 fully saturated rings. The minimum atomic E-state index is -0.237. The lowest BCUT2D eigenvalue weighted by molar-refractivity contribution is 0.103. The molecule has 0 unspecified atom stereocenters. The Morgan fingerprint density at radius 1 is 0.636 bits per heavy atom. The van der Waals surface area contributed by atoms with Crippen molar-refractivity contribution in [2.24, 2.45) is 0 Å². The van der Waals surface area contributed by atoms with Gasteiger partial charge in [0.15, 0.2) is 5.78 Å². The van der Waals surface area contributed by atoms with Gasteiger partial charge in [-0.15, -0.1) is 0 Å². The van der Waals surface area contributed by atoms with Gasteiger partial charge in [-0.25, -0.2) is 0 Å². The molecule has 0 aliphatic carbocycles. The van der Waals surface area contributed by atoms with Crippen molar-refractivity contribution in [3.8, 4) is 0 Å². The van der Waals surface area contributed by atoms with Crippen LogP contribution in [0.3, 0.4) is 0 Å². The highest BCUT2D eigenvalue weighted by atomic mass is 16.1. The van der Waals surface area contributed by atoms with Gasteiger partial charge in [0.25, 0.3) is 0 Å². The van der Waals surface area contributed by atoms with Crippen molar-refractivity contribution in [2.45, 2.75) is 13.0 Å². The van der Waals surface area contributed by atoms with Crippen LogP contribution < -0.4 is 5.43 Å². The largest absolute Gasteiger partial charge is 0.339 e. The summed E-state index contributed by atoms with van der Waals surface area (Å²) in [6.07, 6.45) is 0.488. The van der Waals surface area contributed by atoms with E-state index in [1.165, 1.54) is 0 Å². The van der Waals surface area contributed by atoms with Gasteiger partial charge in [-0.2, -0.15) is 0 Å². The topological polar surface area (TPSA) is 39.1 Å². The molecule has 0 N–H and O–H groups in total. The summed E-state index contributed by atoms with van der Waals surface area (Å²) in [5, 5.41) is 0.560. The number of hydrogen-bond donors (Lipinski definition) is 0. The van der Waals surface area contributed by atoms with Gasteiger partial charge in [0.05, 0.1) is 11.1 Å². The number of carbonyl (C=O) groups excluding carboxylic acids is 1. The van der Waals surface area contributed by atoms with Crippen molar-refractivity contribution in [1.82, 2.24) is 4.57 Å². The molecule has 3 heteroatoms. The maximum absolute atomic E-state index is 13.7. The molecule has 4 aromatic carbocycles. The van der Waals surface area contributed by atoms with Gasteiger partial charge < -0.3 is 4.57 Å². The number of benzene rings is 4. The van der Waals surface area contributed by atoms with Crippen molar-refractivity contribution >= 4 is 16.7 Å². The zero-order valence-electron chi connectivity index (χ0n) is 18.1. The van der Waals surface area contributed by atoms with E-state index < -0.39 is 0 Å². The average molecular weight is 430 g/mol. The molecule has 160 valence electrons. The second kappa shape index (κ2) is 9.09.